The van der Waals surface area contributed by atoms with Gasteiger partial charge in [-0.25, -0.2) is 0 Å². The lowest BCUT2D eigenvalue weighted by Gasteiger charge is -2.11. The van der Waals surface area contributed by atoms with Crippen molar-refractivity contribution in [2.45, 2.75) is 26.3 Å². The number of allylic oxidation sites excluding steroid dienone is 1. The summed E-state index contributed by atoms with van der Waals surface area (Å²) in [6, 6.07) is 8.29. The quantitative estimate of drug-likeness (QED) is 0.324. The highest BCUT2D eigenvalue weighted by molar-refractivity contribution is 5.86. The molecule has 1 aromatic carbocycles. The van der Waals surface area contributed by atoms with Crippen LogP contribution < -0.4 is 10.1 Å². The molecule has 19 heavy (non-hydrogen) atoms. The van der Waals surface area contributed by atoms with Gasteiger partial charge in [0.05, 0.1) is 6.04 Å². The Labute approximate surface area is 114 Å². The highest BCUT2D eigenvalue weighted by Crippen LogP contribution is 2.18. The summed E-state index contributed by atoms with van der Waals surface area (Å²) in [5, 5.41) is 14.3. The van der Waals surface area contributed by atoms with Crippen LogP contribution in [0.1, 0.15) is 19.4 Å². The average molecular weight is 263 g/mol. The Kier molecular flexibility index (Phi) is 6.68. The number of nitrogens with zero attached hydrogens (tertiary/aromatic N) is 1. The predicted molar refractivity (Wildman–Crippen MR) is 77.0 cm³/mol. The molecule has 0 aliphatic heterocycles. The molecule has 0 fully saturated rings. The summed E-state index contributed by atoms with van der Waals surface area (Å²) in [5.41, 5.74) is 1.71. The zero-order valence-electron chi connectivity index (χ0n) is 11.7. The standard InChI is InChI=1S/C15H22N2O2/c1-4-7-13-8-5-6-9-15(13)19-11-14(17-18)10-16-12(2)3/h4-6,8-9,12,16,18H,1,7,10-11H2,2-3H3/p+1/b17-14+. The molecule has 0 atom stereocenters. The van der Waals surface area contributed by atoms with E-state index in [0.717, 1.165) is 17.7 Å². The number of quaternary nitrogens is 1. The Hall–Kier alpha value is -1.81. The van der Waals surface area contributed by atoms with E-state index in [-0.39, 0.29) is 0 Å². The molecule has 1 aromatic rings. The smallest absolute Gasteiger partial charge is 0.148 e. The van der Waals surface area contributed by atoms with Gasteiger partial charge in [-0.15, -0.1) is 6.58 Å². The van der Waals surface area contributed by atoms with Gasteiger partial charge in [-0.05, 0) is 31.9 Å². The van der Waals surface area contributed by atoms with Gasteiger partial charge >= 0.3 is 0 Å². The topological polar surface area (TPSA) is 58.4 Å². The van der Waals surface area contributed by atoms with Crippen molar-refractivity contribution in [2.75, 3.05) is 13.2 Å². The lowest BCUT2D eigenvalue weighted by atomic mass is 10.1. The summed E-state index contributed by atoms with van der Waals surface area (Å²) in [6.07, 6.45) is 2.61. The first-order valence-corrected chi connectivity index (χ1v) is 6.52. The molecule has 0 heterocycles. The Bertz CT molecular complexity index is 428. The van der Waals surface area contributed by atoms with E-state index in [0.29, 0.717) is 24.9 Å². The molecule has 4 nitrogen and oxygen atoms in total. The zero-order chi connectivity index (χ0) is 14.1. The van der Waals surface area contributed by atoms with Gasteiger partial charge in [0.1, 0.15) is 24.6 Å². The zero-order valence-corrected chi connectivity index (χ0v) is 11.7. The maximum Gasteiger partial charge on any atom is 0.148 e. The van der Waals surface area contributed by atoms with Crippen molar-refractivity contribution in [1.82, 2.24) is 0 Å². The van der Waals surface area contributed by atoms with Crippen molar-refractivity contribution in [3.05, 3.63) is 42.5 Å². The molecule has 1 rings (SSSR count). The molecule has 0 spiro atoms. The second kappa shape index (κ2) is 8.32. The van der Waals surface area contributed by atoms with E-state index in [9.17, 15) is 0 Å². The second-order valence-electron chi connectivity index (χ2n) is 4.74. The third-order valence-corrected chi connectivity index (χ3v) is 2.70. The number of ether oxygens (including phenoxy) is 1. The summed E-state index contributed by atoms with van der Waals surface area (Å²) >= 11 is 0. The molecule has 0 aliphatic rings. The summed E-state index contributed by atoms with van der Waals surface area (Å²) in [6.45, 7) is 8.85. The van der Waals surface area contributed by atoms with Crippen LogP contribution in [-0.4, -0.2) is 30.1 Å². The maximum atomic E-state index is 8.96. The second-order valence-corrected chi connectivity index (χ2v) is 4.74. The molecule has 104 valence electrons. The van der Waals surface area contributed by atoms with E-state index in [1.165, 1.54) is 0 Å². The van der Waals surface area contributed by atoms with Gasteiger partial charge in [0.25, 0.3) is 0 Å². The number of benzene rings is 1. The Morgan fingerprint density at radius 3 is 2.84 bits per heavy atom. The molecule has 0 saturated heterocycles. The SMILES string of the molecule is C=CCc1ccccc1OC/C(C[NH2+]C(C)C)=N/O. The van der Waals surface area contributed by atoms with Crippen LogP contribution in [0.2, 0.25) is 0 Å². The molecule has 0 bridgehead atoms. The number of rotatable bonds is 8. The Morgan fingerprint density at radius 1 is 1.47 bits per heavy atom. The molecule has 0 amide bonds. The fourth-order valence-corrected chi connectivity index (χ4v) is 1.63. The lowest BCUT2D eigenvalue weighted by molar-refractivity contribution is -0.670. The van der Waals surface area contributed by atoms with Crippen LogP contribution in [-0.2, 0) is 6.42 Å². The first kappa shape index (κ1) is 15.2. The molecule has 0 saturated carbocycles. The van der Waals surface area contributed by atoms with Crippen molar-refractivity contribution in [1.29, 1.82) is 0 Å². The normalized spacial score (nSPS) is 11.6. The van der Waals surface area contributed by atoms with Gasteiger partial charge in [-0.2, -0.15) is 0 Å². The molecule has 4 heteroatoms. The highest BCUT2D eigenvalue weighted by atomic mass is 16.5. The van der Waals surface area contributed by atoms with Gasteiger partial charge in [-0.1, -0.05) is 29.4 Å². The van der Waals surface area contributed by atoms with Crippen LogP contribution >= 0.6 is 0 Å². The Morgan fingerprint density at radius 2 is 2.21 bits per heavy atom. The molecule has 3 N–H and O–H groups in total. The van der Waals surface area contributed by atoms with Crippen LogP contribution in [0.15, 0.2) is 42.1 Å². The first-order valence-electron chi connectivity index (χ1n) is 6.52. The van der Waals surface area contributed by atoms with Gasteiger partial charge < -0.3 is 15.3 Å². The molecular weight excluding hydrogens is 240 g/mol. The minimum atomic E-state index is 0.299. The van der Waals surface area contributed by atoms with Crippen molar-refractivity contribution in [2.24, 2.45) is 5.16 Å². The van der Waals surface area contributed by atoms with Crippen LogP contribution in [0, 0.1) is 0 Å². The van der Waals surface area contributed by atoms with Crippen LogP contribution in [0.25, 0.3) is 0 Å². The number of para-hydroxylation sites is 1. The molecule has 0 unspecified atom stereocenters. The third kappa shape index (κ3) is 5.57. The van der Waals surface area contributed by atoms with E-state index in [2.05, 4.69) is 30.9 Å². The molecule has 0 aromatic heterocycles. The van der Waals surface area contributed by atoms with Gasteiger partial charge in [0, 0.05) is 0 Å². The number of hydrogen-bond acceptors (Lipinski definition) is 3. The maximum absolute atomic E-state index is 8.96. The lowest BCUT2D eigenvalue weighted by Crippen LogP contribution is -2.90. The van der Waals surface area contributed by atoms with Crippen molar-refractivity contribution >= 4 is 5.71 Å². The van der Waals surface area contributed by atoms with Gasteiger partial charge in [0.2, 0.25) is 0 Å². The predicted octanol–water partition coefficient (Wildman–Crippen LogP) is 1.60. The minimum absolute atomic E-state index is 0.299. The average Bonchev–Trinajstić information content (AvgIpc) is 2.40. The third-order valence-electron chi connectivity index (χ3n) is 2.70. The largest absolute Gasteiger partial charge is 0.487 e. The van der Waals surface area contributed by atoms with Crippen molar-refractivity contribution in [3.63, 3.8) is 0 Å². The summed E-state index contributed by atoms with van der Waals surface area (Å²) in [5.74, 6) is 0.813. The highest BCUT2D eigenvalue weighted by Gasteiger charge is 2.08. The summed E-state index contributed by atoms with van der Waals surface area (Å²) < 4.78 is 5.72. The molecule has 0 radical (unpaired) electrons. The number of nitrogens with two attached hydrogens (primary N) is 1. The molecular formula is C15H23N2O2+. The van der Waals surface area contributed by atoms with Gasteiger partial charge in [-0.3, -0.25) is 0 Å². The van der Waals surface area contributed by atoms with Gasteiger partial charge in [0.15, 0.2) is 0 Å². The summed E-state index contributed by atoms with van der Waals surface area (Å²) in [7, 11) is 0. The monoisotopic (exact) mass is 263 g/mol. The van der Waals surface area contributed by atoms with E-state index >= 15 is 0 Å². The van der Waals surface area contributed by atoms with E-state index in [1.807, 2.05) is 30.3 Å². The van der Waals surface area contributed by atoms with E-state index in [1.54, 1.807) is 0 Å². The fraction of sp³-hybridized carbons (Fsp3) is 0.400. The van der Waals surface area contributed by atoms with Crippen LogP contribution in [0.3, 0.4) is 0 Å². The fourth-order valence-electron chi connectivity index (χ4n) is 1.63. The summed E-state index contributed by atoms with van der Waals surface area (Å²) in [4.78, 5) is 0. The number of hydrogen-bond donors (Lipinski definition) is 2. The minimum Gasteiger partial charge on any atom is -0.487 e. The Balaban J connectivity index is 2.57. The first-order chi connectivity index (χ1) is 9.17. The molecule has 0 aliphatic carbocycles. The number of oxime groups is 1. The van der Waals surface area contributed by atoms with Crippen molar-refractivity contribution in [3.8, 4) is 5.75 Å². The van der Waals surface area contributed by atoms with E-state index < -0.39 is 0 Å². The van der Waals surface area contributed by atoms with Crippen LogP contribution in [0.4, 0.5) is 0 Å². The van der Waals surface area contributed by atoms with Crippen LogP contribution in [0.5, 0.6) is 5.75 Å². The van der Waals surface area contributed by atoms with Crippen molar-refractivity contribution < 1.29 is 15.3 Å². The van der Waals surface area contributed by atoms with E-state index in [4.69, 9.17) is 9.94 Å².